The number of halogens is 3. The second-order valence-corrected chi connectivity index (χ2v) is 6.71. The standard InChI is InChI=1S/C17H24F3N3/c1-21-7-9-23(10-8-21)16-5-6-22(13-16)12-14-3-2-4-15(11-14)17(18,19)20/h2-4,11,16H,5-10,12-13H2,1H3/t16-/m1/s1. The fourth-order valence-electron chi connectivity index (χ4n) is 3.55. The fraction of sp³-hybridized carbons (Fsp3) is 0.647. The first-order valence-electron chi connectivity index (χ1n) is 8.23. The molecule has 0 bridgehead atoms. The Morgan fingerprint density at radius 1 is 1.09 bits per heavy atom. The van der Waals surface area contributed by atoms with Crippen molar-refractivity contribution in [2.75, 3.05) is 46.3 Å². The molecule has 6 heteroatoms. The van der Waals surface area contributed by atoms with E-state index in [0.717, 1.165) is 57.3 Å². The number of piperazine rings is 1. The van der Waals surface area contributed by atoms with E-state index in [0.29, 0.717) is 12.6 Å². The van der Waals surface area contributed by atoms with Gasteiger partial charge in [0.15, 0.2) is 0 Å². The average Bonchev–Trinajstić information content (AvgIpc) is 2.96. The molecule has 2 heterocycles. The molecule has 0 saturated carbocycles. The van der Waals surface area contributed by atoms with Crippen molar-refractivity contribution in [3.05, 3.63) is 35.4 Å². The van der Waals surface area contributed by atoms with Crippen LogP contribution in [0.5, 0.6) is 0 Å². The summed E-state index contributed by atoms with van der Waals surface area (Å²) in [6.45, 7) is 6.92. The minimum atomic E-state index is -4.26. The lowest BCUT2D eigenvalue weighted by atomic mass is 10.1. The van der Waals surface area contributed by atoms with E-state index in [2.05, 4.69) is 21.7 Å². The smallest absolute Gasteiger partial charge is 0.304 e. The molecule has 0 amide bonds. The van der Waals surface area contributed by atoms with Crippen LogP contribution in [0.3, 0.4) is 0 Å². The Morgan fingerprint density at radius 3 is 2.52 bits per heavy atom. The van der Waals surface area contributed by atoms with Gasteiger partial charge >= 0.3 is 6.18 Å². The second-order valence-electron chi connectivity index (χ2n) is 6.71. The molecular weight excluding hydrogens is 303 g/mol. The van der Waals surface area contributed by atoms with Crippen molar-refractivity contribution < 1.29 is 13.2 Å². The minimum Gasteiger partial charge on any atom is -0.304 e. The van der Waals surface area contributed by atoms with Gasteiger partial charge in [-0.1, -0.05) is 18.2 Å². The Morgan fingerprint density at radius 2 is 1.83 bits per heavy atom. The third-order valence-electron chi connectivity index (χ3n) is 4.96. The zero-order valence-electron chi connectivity index (χ0n) is 13.5. The lowest BCUT2D eigenvalue weighted by Crippen LogP contribution is -2.49. The predicted molar refractivity (Wildman–Crippen MR) is 84.2 cm³/mol. The van der Waals surface area contributed by atoms with Gasteiger partial charge in [0.05, 0.1) is 5.56 Å². The van der Waals surface area contributed by atoms with Gasteiger partial charge in [-0.25, -0.2) is 0 Å². The van der Waals surface area contributed by atoms with Gasteiger partial charge in [-0.2, -0.15) is 13.2 Å². The summed E-state index contributed by atoms with van der Waals surface area (Å²) in [5.41, 5.74) is 0.198. The van der Waals surface area contributed by atoms with E-state index < -0.39 is 11.7 Å². The van der Waals surface area contributed by atoms with E-state index in [4.69, 9.17) is 0 Å². The summed E-state index contributed by atoms with van der Waals surface area (Å²) in [6, 6.07) is 6.27. The third-order valence-corrected chi connectivity index (χ3v) is 4.96. The molecule has 128 valence electrons. The van der Waals surface area contributed by atoms with E-state index >= 15 is 0 Å². The van der Waals surface area contributed by atoms with Gasteiger partial charge in [-0.15, -0.1) is 0 Å². The molecule has 0 aliphatic carbocycles. The molecular formula is C17H24F3N3. The van der Waals surface area contributed by atoms with Crippen LogP contribution < -0.4 is 0 Å². The molecule has 0 radical (unpaired) electrons. The van der Waals surface area contributed by atoms with Gasteiger partial charge in [0, 0.05) is 51.9 Å². The number of alkyl halides is 3. The maximum atomic E-state index is 12.8. The number of hydrogen-bond donors (Lipinski definition) is 0. The number of likely N-dealkylation sites (N-methyl/N-ethyl adjacent to an activating group) is 1. The van der Waals surface area contributed by atoms with E-state index in [1.165, 1.54) is 12.1 Å². The Bertz CT molecular complexity index is 524. The number of hydrogen-bond acceptors (Lipinski definition) is 3. The average molecular weight is 327 g/mol. The molecule has 0 spiro atoms. The van der Waals surface area contributed by atoms with Gasteiger partial charge in [-0.3, -0.25) is 9.80 Å². The first-order valence-corrected chi connectivity index (χ1v) is 8.23. The molecule has 0 N–H and O–H groups in total. The van der Waals surface area contributed by atoms with Crippen LogP contribution in [0.25, 0.3) is 0 Å². The molecule has 0 unspecified atom stereocenters. The highest BCUT2D eigenvalue weighted by Crippen LogP contribution is 2.30. The van der Waals surface area contributed by atoms with Crippen molar-refractivity contribution in [2.24, 2.45) is 0 Å². The minimum absolute atomic E-state index is 0.550. The predicted octanol–water partition coefficient (Wildman–Crippen LogP) is 2.53. The van der Waals surface area contributed by atoms with Crippen molar-refractivity contribution in [3.63, 3.8) is 0 Å². The highest BCUT2D eigenvalue weighted by atomic mass is 19.4. The van der Waals surface area contributed by atoms with Crippen LogP contribution in [0, 0.1) is 0 Å². The van der Waals surface area contributed by atoms with Gasteiger partial charge in [0.25, 0.3) is 0 Å². The summed E-state index contributed by atoms with van der Waals surface area (Å²) in [4.78, 5) is 7.15. The monoisotopic (exact) mass is 327 g/mol. The van der Waals surface area contributed by atoms with Crippen molar-refractivity contribution in [1.82, 2.24) is 14.7 Å². The number of benzene rings is 1. The van der Waals surface area contributed by atoms with Crippen molar-refractivity contribution >= 4 is 0 Å². The summed E-state index contributed by atoms with van der Waals surface area (Å²) >= 11 is 0. The third kappa shape index (κ3) is 4.25. The lowest BCUT2D eigenvalue weighted by Gasteiger charge is -2.36. The quantitative estimate of drug-likeness (QED) is 0.845. The molecule has 2 aliphatic heterocycles. The molecule has 1 aromatic rings. The summed E-state index contributed by atoms with van der Waals surface area (Å²) in [6.07, 6.45) is -3.15. The van der Waals surface area contributed by atoms with Gasteiger partial charge in [-0.05, 0) is 25.1 Å². The fourth-order valence-corrected chi connectivity index (χ4v) is 3.55. The highest BCUT2D eigenvalue weighted by Gasteiger charge is 2.32. The SMILES string of the molecule is CN1CCN([C@@H]2CCN(Cc3cccc(C(F)(F)F)c3)C2)CC1. The van der Waals surface area contributed by atoms with Crippen LogP contribution in [0.2, 0.25) is 0 Å². The van der Waals surface area contributed by atoms with E-state index in [1.54, 1.807) is 6.07 Å². The van der Waals surface area contributed by atoms with Crippen LogP contribution in [0.15, 0.2) is 24.3 Å². The first-order chi connectivity index (χ1) is 10.9. The molecule has 1 aromatic carbocycles. The Labute approximate surface area is 135 Å². The Hall–Kier alpha value is -1.11. The summed E-state index contributed by atoms with van der Waals surface area (Å²) in [5.74, 6) is 0. The number of rotatable bonds is 3. The summed E-state index contributed by atoms with van der Waals surface area (Å²) < 4.78 is 38.4. The number of likely N-dealkylation sites (tertiary alicyclic amines) is 1. The van der Waals surface area contributed by atoms with Crippen LogP contribution >= 0.6 is 0 Å². The van der Waals surface area contributed by atoms with Crippen LogP contribution in [-0.4, -0.2) is 67.1 Å². The van der Waals surface area contributed by atoms with E-state index in [9.17, 15) is 13.2 Å². The number of nitrogens with zero attached hydrogens (tertiary/aromatic N) is 3. The van der Waals surface area contributed by atoms with Gasteiger partial charge < -0.3 is 4.90 Å². The van der Waals surface area contributed by atoms with Crippen molar-refractivity contribution in [3.8, 4) is 0 Å². The van der Waals surface area contributed by atoms with Gasteiger partial charge in [0.2, 0.25) is 0 Å². The van der Waals surface area contributed by atoms with Crippen LogP contribution in [0.4, 0.5) is 13.2 Å². The Kier molecular flexibility index (Phi) is 4.94. The summed E-state index contributed by atoms with van der Waals surface area (Å²) in [5, 5.41) is 0. The van der Waals surface area contributed by atoms with E-state index in [-0.39, 0.29) is 0 Å². The van der Waals surface area contributed by atoms with Crippen LogP contribution in [-0.2, 0) is 12.7 Å². The molecule has 23 heavy (non-hydrogen) atoms. The normalized spacial score (nSPS) is 25.1. The molecule has 1 atom stereocenters. The zero-order chi connectivity index (χ0) is 16.4. The topological polar surface area (TPSA) is 9.72 Å². The molecule has 2 aliphatic rings. The first kappa shape index (κ1) is 16.7. The molecule has 3 nitrogen and oxygen atoms in total. The Balaban J connectivity index is 1.56. The zero-order valence-corrected chi connectivity index (χ0v) is 13.5. The summed E-state index contributed by atoms with van der Waals surface area (Å²) in [7, 11) is 2.14. The van der Waals surface area contributed by atoms with E-state index in [1.807, 2.05) is 0 Å². The van der Waals surface area contributed by atoms with Gasteiger partial charge in [0.1, 0.15) is 0 Å². The second kappa shape index (κ2) is 6.79. The largest absolute Gasteiger partial charge is 0.416 e. The lowest BCUT2D eigenvalue weighted by molar-refractivity contribution is -0.137. The highest BCUT2D eigenvalue weighted by molar-refractivity contribution is 5.25. The molecule has 2 fully saturated rings. The maximum Gasteiger partial charge on any atom is 0.416 e. The van der Waals surface area contributed by atoms with Crippen LogP contribution in [0.1, 0.15) is 17.5 Å². The maximum absolute atomic E-state index is 12.8. The molecule has 2 saturated heterocycles. The van der Waals surface area contributed by atoms with Crippen molar-refractivity contribution in [1.29, 1.82) is 0 Å². The molecule has 0 aromatic heterocycles. The molecule has 3 rings (SSSR count). The van der Waals surface area contributed by atoms with Crippen molar-refractivity contribution in [2.45, 2.75) is 25.2 Å².